The average Bonchev–Trinajstić information content (AvgIpc) is 3.02. The summed E-state index contributed by atoms with van der Waals surface area (Å²) in [6.45, 7) is 8.07. The molecule has 3 nitrogen and oxygen atoms in total. The van der Waals surface area contributed by atoms with Crippen LogP contribution < -0.4 is 10.5 Å². The number of hydrogen-bond donors (Lipinski definition) is 2. The van der Waals surface area contributed by atoms with Crippen molar-refractivity contribution in [1.29, 1.82) is 0 Å². The van der Waals surface area contributed by atoms with Gasteiger partial charge in [0.05, 0.1) is 6.61 Å². The predicted molar refractivity (Wildman–Crippen MR) is 116 cm³/mol. The van der Waals surface area contributed by atoms with Crippen molar-refractivity contribution in [3.05, 3.63) is 53.1 Å². The van der Waals surface area contributed by atoms with Crippen LogP contribution in [-0.2, 0) is 6.42 Å². The Morgan fingerprint density at radius 2 is 1.78 bits per heavy atom. The highest BCUT2D eigenvalue weighted by atomic mass is 16.5. The third-order valence-electron chi connectivity index (χ3n) is 5.15. The Morgan fingerprint density at radius 3 is 2.48 bits per heavy atom. The zero-order valence-corrected chi connectivity index (χ0v) is 16.9. The lowest BCUT2D eigenvalue weighted by molar-refractivity contribution is 0.309. The van der Waals surface area contributed by atoms with Crippen LogP contribution in [0.1, 0.15) is 49.3 Å². The lowest BCUT2D eigenvalue weighted by Crippen LogP contribution is -1.99. The number of aryl methyl sites for hydroxylation is 3. The van der Waals surface area contributed by atoms with Gasteiger partial charge in [-0.1, -0.05) is 25.0 Å². The standard InChI is InChI=1S/C24H32N2O/c1-4-5-14-27-20-11-9-19(10-12-20)24-21(8-6-7-13-25)22-16-17(2)15-18(3)23(22)26-24/h9-12,15-16,26H,4-8,13-14,25H2,1-3H3. The molecule has 1 aromatic heterocycles. The van der Waals surface area contributed by atoms with Crippen molar-refractivity contribution >= 4 is 10.9 Å². The molecule has 0 aliphatic carbocycles. The molecule has 3 N–H and O–H groups in total. The van der Waals surface area contributed by atoms with Gasteiger partial charge < -0.3 is 15.5 Å². The highest BCUT2D eigenvalue weighted by molar-refractivity contribution is 5.93. The molecule has 3 heteroatoms. The maximum absolute atomic E-state index is 5.82. The number of rotatable bonds is 9. The molecule has 0 fully saturated rings. The van der Waals surface area contributed by atoms with Gasteiger partial charge in [0.15, 0.2) is 0 Å². The smallest absolute Gasteiger partial charge is 0.119 e. The third-order valence-corrected chi connectivity index (χ3v) is 5.15. The molecule has 0 saturated carbocycles. The normalized spacial score (nSPS) is 11.3. The van der Waals surface area contributed by atoms with Gasteiger partial charge in [0.25, 0.3) is 0 Å². The van der Waals surface area contributed by atoms with E-state index in [0.29, 0.717) is 0 Å². The maximum Gasteiger partial charge on any atom is 0.119 e. The molecule has 0 unspecified atom stereocenters. The lowest BCUT2D eigenvalue weighted by Gasteiger charge is -2.08. The number of fused-ring (bicyclic) bond motifs is 1. The summed E-state index contributed by atoms with van der Waals surface area (Å²) in [5, 5.41) is 1.35. The van der Waals surface area contributed by atoms with E-state index in [1.54, 1.807) is 0 Å². The van der Waals surface area contributed by atoms with E-state index in [1.165, 1.54) is 38.9 Å². The summed E-state index contributed by atoms with van der Waals surface area (Å²) in [5.41, 5.74) is 13.4. The second-order valence-corrected chi connectivity index (χ2v) is 7.46. The second-order valence-electron chi connectivity index (χ2n) is 7.46. The van der Waals surface area contributed by atoms with Crippen molar-refractivity contribution < 1.29 is 4.74 Å². The average molecular weight is 365 g/mol. The Labute approximate surface area is 162 Å². The fraction of sp³-hybridized carbons (Fsp3) is 0.417. The van der Waals surface area contributed by atoms with E-state index in [9.17, 15) is 0 Å². The van der Waals surface area contributed by atoms with E-state index in [2.05, 4.69) is 62.2 Å². The molecule has 0 saturated heterocycles. The van der Waals surface area contributed by atoms with E-state index >= 15 is 0 Å². The van der Waals surface area contributed by atoms with E-state index in [4.69, 9.17) is 10.5 Å². The van der Waals surface area contributed by atoms with Crippen LogP contribution >= 0.6 is 0 Å². The molecule has 3 rings (SSSR count). The Bertz CT molecular complexity index is 878. The van der Waals surface area contributed by atoms with Gasteiger partial charge in [0.1, 0.15) is 5.75 Å². The molecular formula is C24H32N2O. The Balaban J connectivity index is 1.96. The van der Waals surface area contributed by atoms with Gasteiger partial charge in [-0.3, -0.25) is 0 Å². The van der Waals surface area contributed by atoms with E-state index in [-0.39, 0.29) is 0 Å². The molecule has 1 heterocycles. The first-order chi connectivity index (χ1) is 13.1. The van der Waals surface area contributed by atoms with Gasteiger partial charge in [-0.25, -0.2) is 0 Å². The van der Waals surface area contributed by atoms with Gasteiger partial charge in [0.2, 0.25) is 0 Å². The van der Waals surface area contributed by atoms with Crippen molar-refractivity contribution in [3.63, 3.8) is 0 Å². The van der Waals surface area contributed by atoms with Gasteiger partial charge in [0, 0.05) is 16.6 Å². The summed E-state index contributed by atoms with van der Waals surface area (Å²) in [4.78, 5) is 3.70. The van der Waals surface area contributed by atoms with E-state index < -0.39 is 0 Å². The molecule has 2 aromatic carbocycles. The summed E-state index contributed by atoms with van der Waals surface area (Å²) in [6, 6.07) is 13.1. The van der Waals surface area contributed by atoms with Crippen molar-refractivity contribution in [2.75, 3.05) is 13.2 Å². The minimum Gasteiger partial charge on any atom is -0.494 e. The first-order valence-corrected chi connectivity index (χ1v) is 10.2. The van der Waals surface area contributed by atoms with Crippen LogP contribution in [0, 0.1) is 13.8 Å². The van der Waals surface area contributed by atoms with E-state index in [1.807, 2.05) is 0 Å². The topological polar surface area (TPSA) is 51.0 Å². The largest absolute Gasteiger partial charge is 0.494 e. The van der Waals surface area contributed by atoms with Gasteiger partial charge in [-0.2, -0.15) is 0 Å². The molecule has 144 valence electrons. The highest BCUT2D eigenvalue weighted by Gasteiger charge is 2.15. The Morgan fingerprint density at radius 1 is 1.00 bits per heavy atom. The Kier molecular flexibility index (Phi) is 6.57. The summed E-state index contributed by atoms with van der Waals surface area (Å²) in [5.74, 6) is 0.944. The van der Waals surface area contributed by atoms with Crippen LogP contribution in [0.5, 0.6) is 5.75 Å². The number of hydrogen-bond acceptors (Lipinski definition) is 2. The number of benzene rings is 2. The molecule has 0 aliphatic heterocycles. The number of ether oxygens (including phenoxy) is 1. The third kappa shape index (κ3) is 4.54. The number of H-pyrrole nitrogens is 1. The van der Waals surface area contributed by atoms with Gasteiger partial charge >= 0.3 is 0 Å². The van der Waals surface area contributed by atoms with E-state index in [0.717, 1.165) is 51.0 Å². The fourth-order valence-electron chi connectivity index (χ4n) is 3.71. The molecule has 3 aromatic rings. The summed E-state index contributed by atoms with van der Waals surface area (Å²) in [7, 11) is 0. The molecule has 0 spiro atoms. The number of nitrogens with one attached hydrogen (secondary N) is 1. The zero-order valence-electron chi connectivity index (χ0n) is 16.9. The molecule has 0 amide bonds. The van der Waals surface area contributed by atoms with Crippen molar-refractivity contribution in [2.24, 2.45) is 5.73 Å². The SMILES string of the molecule is CCCCOc1ccc(-c2[nH]c3c(C)cc(C)cc3c2CCCCN)cc1. The quantitative estimate of drug-likeness (QED) is 0.464. The first-order valence-electron chi connectivity index (χ1n) is 10.2. The molecule has 0 aliphatic rings. The number of nitrogens with two attached hydrogens (primary N) is 1. The molecule has 0 bridgehead atoms. The number of aromatic amines is 1. The second kappa shape index (κ2) is 9.09. The van der Waals surface area contributed by atoms with Crippen LogP contribution in [-0.4, -0.2) is 18.1 Å². The number of unbranched alkanes of at least 4 members (excludes halogenated alkanes) is 2. The molecule has 0 radical (unpaired) electrons. The summed E-state index contributed by atoms with van der Waals surface area (Å²) >= 11 is 0. The van der Waals surface area contributed by atoms with Crippen molar-refractivity contribution in [3.8, 4) is 17.0 Å². The Hall–Kier alpha value is -2.26. The van der Waals surface area contributed by atoms with Crippen molar-refractivity contribution in [2.45, 2.75) is 52.9 Å². The van der Waals surface area contributed by atoms with Crippen molar-refractivity contribution in [1.82, 2.24) is 4.98 Å². The first kappa shape index (κ1) is 19.5. The van der Waals surface area contributed by atoms with Crippen LogP contribution in [0.15, 0.2) is 36.4 Å². The lowest BCUT2D eigenvalue weighted by atomic mass is 9.98. The van der Waals surface area contributed by atoms with Crippen LogP contribution in [0.4, 0.5) is 0 Å². The molecular weight excluding hydrogens is 332 g/mol. The maximum atomic E-state index is 5.82. The minimum absolute atomic E-state index is 0.750. The predicted octanol–water partition coefficient (Wildman–Crippen LogP) is 5.91. The van der Waals surface area contributed by atoms with Gasteiger partial charge in [-0.15, -0.1) is 0 Å². The minimum atomic E-state index is 0.750. The number of aromatic nitrogens is 1. The summed E-state index contributed by atoms with van der Waals surface area (Å²) < 4.78 is 5.82. The van der Waals surface area contributed by atoms with Crippen LogP contribution in [0.3, 0.4) is 0 Å². The fourth-order valence-corrected chi connectivity index (χ4v) is 3.71. The molecule has 27 heavy (non-hydrogen) atoms. The zero-order chi connectivity index (χ0) is 19.2. The summed E-state index contributed by atoms with van der Waals surface area (Å²) in [6.07, 6.45) is 5.46. The van der Waals surface area contributed by atoms with Gasteiger partial charge in [-0.05, 0) is 93.1 Å². The molecule has 0 atom stereocenters. The van der Waals surface area contributed by atoms with Crippen LogP contribution in [0.25, 0.3) is 22.2 Å². The van der Waals surface area contributed by atoms with Crippen LogP contribution in [0.2, 0.25) is 0 Å². The highest BCUT2D eigenvalue weighted by Crippen LogP contribution is 2.34. The monoisotopic (exact) mass is 364 g/mol.